The average Bonchev–Trinajstić information content (AvgIpc) is 2.41. The molecule has 0 aliphatic rings. The van der Waals surface area contributed by atoms with E-state index in [0.29, 0.717) is 25.3 Å². The van der Waals surface area contributed by atoms with Gasteiger partial charge in [-0.15, -0.1) is 0 Å². The second-order valence-electron chi connectivity index (χ2n) is 4.61. The minimum atomic E-state index is -0.947. The van der Waals surface area contributed by atoms with Crippen molar-refractivity contribution in [1.29, 1.82) is 0 Å². The van der Waals surface area contributed by atoms with Gasteiger partial charge >= 0.3 is 5.97 Å². The first kappa shape index (κ1) is 15.9. The summed E-state index contributed by atoms with van der Waals surface area (Å²) in [6, 6.07) is 3.65. The van der Waals surface area contributed by atoms with E-state index in [2.05, 4.69) is 4.98 Å². The first-order valence-electron chi connectivity index (χ1n) is 6.73. The number of pyridine rings is 1. The lowest BCUT2D eigenvalue weighted by atomic mass is 10.1. The molecule has 0 bridgehead atoms. The summed E-state index contributed by atoms with van der Waals surface area (Å²) in [7, 11) is 0. The van der Waals surface area contributed by atoms with Crippen molar-refractivity contribution >= 4 is 17.7 Å². The van der Waals surface area contributed by atoms with Gasteiger partial charge in [-0.2, -0.15) is 0 Å². The number of hydrogen-bond acceptors (Lipinski definition) is 4. The van der Waals surface area contributed by atoms with Gasteiger partial charge in [0.05, 0.1) is 6.42 Å². The van der Waals surface area contributed by atoms with Crippen LogP contribution < -0.4 is 5.73 Å². The Labute approximate surface area is 118 Å². The Bertz CT molecular complexity index is 463. The van der Waals surface area contributed by atoms with Gasteiger partial charge in [0.1, 0.15) is 5.82 Å². The maximum atomic E-state index is 12.0. The molecule has 0 radical (unpaired) electrons. The first-order chi connectivity index (χ1) is 9.52. The summed E-state index contributed by atoms with van der Waals surface area (Å²) < 4.78 is 0. The predicted molar refractivity (Wildman–Crippen MR) is 76.1 cm³/mol. The number of nitrogen functional groups attached to an aromatic ring is 1. The summed E-state index contributed by atoms with van der Waals surface area (Å²) in [6.07, 6.45) is 3.10. The third-order valence-corrected chi connectivity index (χ3v) is 2.91. The minimum absolute atomic E-state index is 0.0494. The van der Waals surface area contributed by atoms with Gasteiger partial charge in [-0.1, -0.05) is 6.92 Å². The quantitative estimate of drug-likeness (QED) is 0.748. The van der Waals surface area contributed by atoms with E-state index < -0.39 is 5.97 Å². The van der Waals surface area contributed by atoms with Crippen molar-refractivity contribution in [2.24, 2.45) is 0 Å². The molecular formula is C14H21N3O3. The van der Waals surface area contributed by atoms with Crippen LogP contribution in [-0.2, 0) is 16.0 Å². The van der Waals surface area contributed by atoms with Gasteiger partial charge < -0.3 is 15.7 Å². The number of rotatable bonds is 8. The van der Waals surface area contributed by atoms with Crippen molar-refractivity contribution in [2.45, 2.75) is 32.6 Å². The van der Waals surface area contributed by atoms with E-state index >= 15 is 0 Å². The molecule has 0 aliphatic heterocycles. The number of carbonyl (C=O) groups excluding carboxylic acids is 1. The number of carboxylic acids is 1. The molecule has 1 rings (SSSR count). The number of nitrogens with two attached hydrogens (primary N) is 1. The monoisotopic (exact) mass is 279 g/mol. The molecular weight excluding hydrogens is 258 g/mol. The molecule has 1 aromatic heterocycles. The maximum absolute atomic E-state index is 12.0. The van der Waals surface area contributed by atoms with Crippen molar-refractivity contribution < 1.29 is 14.7 Å². The van der Waals surface area contributed by atoms with Crippen LogP contribution in [0.1, 0.15) is 31.7 Å². The Morgan fingerprint density at radius 1 is 1.35 bits per heavy atom. The van der Waals surface area contributed by atoms with Gasteiger partial charge in [0.15, 0.2) is 0 Å². The number of amides is 1. The number of nitrogens with zero attached hydrogens (tertiary/aromatic N) is 2. The molecule has 0 fully saturated rings. The number of aromatic nitrogens is 1. The molecule has 0 spiro atoms. The normalized spacial score (nSPS) is 10.2. The topological polar surface area (TPSA) is 96.5 Å². The lowest BCUT2D eigenvalue weighted by Gasteiger charge is -2.22. The fourth-order valence-electron chi connectivity index (χ4n) is 1.92. The Balaban J connectivity index is 2.53. The van der Waals surface area contributed by atoms with Crippen LogP contribution in [0.5, 0.6) is 0 Å². The zero-order valence-corrected chi connectivity index (χ0v) is 11.7. The lowest BCUT2D eigenvalue weighted by Crippen LogP contribution is -2.33. The summed E-state index contributed by atoms with van der Waals surface area (Å²) in [4.78, 5) is 28.1. The Morgan fingerprint density at radius 2 is 2.10 bits per heavy atom. The molecule has 0 aliphatic carbocycles. The molecule has 3 N–H and O–H groups in total. The SMILES string of the molecule is CCCN(CCc1ccnc(N)c1)C(=O)CCC(=O)O. The molecule has 0 unspecified atom stereocenters. The van der Waals surface area contributed by atoms with Gasteiger partial charge in [-0.25, -0.2) is 4.98 Å². The molecule has 0 saturated heterocycles. The van der Waals surface area contributed by atoms with E-state index in [-0.39, 0.29) is 18.7 Å². The standard InChI is InChI=1S/C14H21N3O3/c1-2-8-17(13(18)3-4-14(19)20)9-6-11-5-7-16-12(15)10-11/h5,7,10H,2-4,6,8-9H2,1H3,(H2,15,16)(H,19,20). The smallest absolute Gasteiger partial charge is 0.303 e. The second-order valence-corrected chi connectivity index (χ2v) is 4.61. The highest BCUT2D eigenvalue weighted by Gasteiger charge is 2.14. The number of hydrogen-bond donors (Lipinski definition) is 2. The van der Waals surface area contributed by atoms with E-state index in [9.17, 15) is 9.59 Å². The fourth-order valence-corrected chi connectivity index (χ4v) is 1.92. The van der Waals surface area contributed by atoms with Crippen LogP contribution in [0.4, 0.5) is 5.82 Å². The van der Waals surface area contributed by atoms with E-state index in [1.807, 2.05) is 13.0 Å². The van der Waals surface area contributed by atoms with E-state index in [1.165, 1.54) is 0 Å². The number of anilines is 1. The van der Waals surface area contributed by atoms with E-state index in [1.54, 1.807) is 17.2 Å². The average molecular weight is 279 g/mol. The van der Waals surface area contributed by atoms with Crippen molar-refractivity contribution in [2.75, 3.05) is 18.8 Å². The molecule has 6 nitrogen and oxygen atoms in total. The Hall–Kier alpha value is -2.11. The van der Waals surface area contributed by atoms with Gasteiger partial charge in [0.25, 0.3) is 0 Å². The number of aliphatic carboxylic acids is 1. The van der Waals surface area contributed by atoms with Crippen molar-refractivity contribution in [3.8, 4) is 0 Å². The van der Waals surface area contributed by atoms with Crippen LogP contribution in [0, 0.1) is 0 Å². The summed E-state index contributed by atoms with van der Waals surface area (Å²) in [6.45, 7) is 3.19. The molecule has 20 heavy (non-hydrogen) atoms. The van der Waals surface area contributed by atoms with Gasteiger partial charge in [0.2, 0.25) is 5.91 Å². The van der Waals surface area contributed by atoms with Crippen LogP contribution in [0.15, 0.2) is 18.3 Å². The molecule has 6 heteroatoms. The summed E-state index contributed by atoms with van der Waals surface area (Å²) in [5, 5.41) is 8.62. The highest BCUT2D eigenvalue weighted by Crippen LogP contribution is 2.07. The minimum Gasteiger partial charge on any atom is -0.481 e. The summed E-state index contributed by atoms with van der Waals surface area (Å²) >= 11 is 0. The largest absolute Gasteiger partial charge is 0.481 e. The van der Waals surface area contributed by atoms with Crippen LogP contribution >= 0.6 is 0 Å². The predicted octanol–water partition coefficient (Wildman–Crippen LogP) is 1.31. The Kier molecular flexibility index (Phi) is 6.49. The Morgan fingerprint density at radius 3 is 2.70 bits per heavy atom. The second kappa shape index (κ2) is 8.14. The van der Waals surface area contributed by atoms with Crippen LogP contribution in [0.2, 0.25) is 0 Å². The van der Waals surface area contributed by atoms with Gasteiger partial charge in [0, 0.05) is 25.7 Å². The maximum Gasteiger partial charge on any atom is 0.303 e. The molecule has 0 atom stereocenters. The van der Waals surface area contributed by atoms with Gasteiger partial charge in [-0.3, -0.25) is 9.59 Å². The van der Waals surface area contributed by atoms with E-state index in [4.69, 9.17) is 10.8 Å². The zero-order valence-electron chi connectivity index (χ0n) is 11.7. The van der Waals surface area contributed by atoms with Crippen LogP contribution in [-0.4, -0.2) is 40.0 Å². The lowest BCUT2D eigenvalue weighted by molar-refractivity contribution is -0.140. The van der Waals surface area contributed by atoms with Crippen LogP contribution in [0.3, 0.4) is 0 Å². The highest BCUT2D eigenvalue weighted by atomic mass is 16.4. The number of carboxylic acid groups (broad SMARTS) is 1. The van der Waals surface area contributed by atoms with Crippen molar-refractivity contribution in [1.82, 2.24) is 9.88 Å². The molecule has 0 saturated carbocycles. The highest BCUT2D eigenvalue weighted by molar-refractivity contribution is 5.80. The van der Waals surface area contributed by atoms with Crippen molar-refractivity contribution in [3.63, 3.8) is 0 Å². The molecule has 0 aromatic carbocycles. The molecule has 1 heterocycles. The summed E-state index contributed by atoms with van der Waals surface area (Å²) in [5.74, 6) is -0.602. The zero-order chi connectivity index (χ0) is 15.0. The number of carbonyl (C=O) groups is 2. The van der Waals surface area contributed by atoms with Crippen LogP contribution in [0.25, 0.3) is 0 Å². The van der Waals surface area contributed by atoms with E-state index in [0.717, 1.165) is 12.0 Å². The summed E-state index contributed by atoms with van der Waals surface area (Å²) in [5.41, 5.74) is 6.63. The van der Waals surface area contributed by atoms with Gasteiger partial charge in [-0.05, 0) is 30.5 Å². The third-order valence-electron chi connectivity index (χ3n) is 2.91. The first-order valence-corrected chi connectivity index (χ1v) is 6.73. The fraction of sp³-hybridized carbons (Fsp3) is 0.500. The third kappa shape index (κ3) is 5.69. The molecule has 1 aromatic rings. The molecule has 110 valence electrons. The van der Waals surface area contributed by atoms with Crippen molar-refractivity contribution in [3.05, 3.63) is 23.9 Å². The molecule has 1 amide bonds.